The minimum absolute atomic E-state index is 0.331. The first-order valence-corrected chi connectivity index (χ1v) is 10.8. The molecule has 0 unspecified atom stereocenters. The highest BCUT2D eigenvalue weighted by molar-refractivity contribution is 7.50. The van der Waals surface area contributed by atoms with E-state index < -0.39 is 7.60 Å². The van der Waals surface area contributed by atoms with E-state index in [1.807, 2.05) is 31.3 Å². The van der Waals surface area contributed by atoms with Crippen molar-refractivity contribution in [2.75, 3.05) is 12.4 Å². The van der Waals surface area contributed by atoms with Crippen molar-refractivity contribution in [2.24, 2.45) is 7.05 Å². The topological polar surface area (TPSA) is 114 Å². The predicted octanol–water partition coefficient (Wildman–Crippen LogP) is 3.43. The minimum atomic E-state index is -4.12. The lowest BCUT2D eigenvalue weighted by Crippen LogP contribution is -2.07. The quantitative estimate of drug-likeness (QED) is 0.393. The Morgan fingerprint density at radius 1 is 1.17 bits per heavy atom. The van der Waals surface area contributed by atoms with Gasteiger partial charge in [0, 0.05) is 29.9 Å². The average molecular weight is 427 g/mol. The molecule has 156 valence electrons. The molecule has 9 heteroatoms. The third-order valence-electron chi connectivity index (χ3n) is 4.35. The largest absolute Gasteiger partial charge is 0.497 e. The normalized spacial score (nSPS) is 11.6. The second-order valence-corrected chi connectivity index (χ2v) is 8.29. The van der Waals surface area contributed by atoms with Gasteiger partial charge in [-0.25, -0.2) is 0 Å². The fourth-order valence-corrected chi connectivity index (χ4v) is 3.65. The number of carbonyl (C=O) groups excluding carboxylic acids is 1. The zero-order valence-corrected chi connectivity index (χ0v) is 17.4. The van der Waals surface area contributed by atoms with Gasteiger partial charge in [-0.2, -0.15) is 5.10 Å². The Bertz CT molecular complexity index is 1100. The Balaban J connectivity index is 1.70. The van der Waals surface area contributed by atoms with Crippen molar-refractivity contribution in [2.45, 2.75) is 6.16 Å². The van der Waals surface area contributed by atoms with E-state index in [2.05, 4.69) is 10.4 Å². The van der Waals surface area contributed by atoms with E-state index in [0.717, 1.165) is 22.6 Å². The van der Waals surface area contributed by atoms with Crippen LogP contribution in [0.5, 0.6) is 5.75 Å². The van der Waals surface area contributed by atoms with Gasteiger partial charge in [-0.05, 0) is 48.0 Å². The first-order chi connectivity index (χ1) is 14.2. The summed E-state index contributed by atoms with van der Waals surface area (Å²) >= 11 is 0. The molecule has 30 heavy (non-hydrogen) atoms. The Morgan fingerprint density at radius 2 is 1.83 bits per heavy atom. The molecule has 3 N–H and O–H groups in total. The lowest BCUT2D eigenvalue weighted by atomic mass is 10.1. The first kappa shape index (κ1) is 21.5. The lowest BCUT2D eigenvalue weighted by molar-refractivity contribution is -0.111. The average Bonchev–Trinajstić information content (AvgIpc) is 3.07. The number of nitrogens with one attached hydrogen (secondary N) is 1. The van der Waals surface area contributed by atoms with Crippen LogP contribution in [0.3, 0.4) is 0 Å². The van der Waals surface area contributed by atoms with Crippen LogP contribution in [-0.4, -0.2) is 32.6 Å². The van der Waals surface area contributed by atoms with Gasteiger partial charge in [0.05, 0.1) is 25.2 Å². The maximum atomic E-state index is 12.3. The molecule has 0 bridgehead atoms. The van der Waals surface area contributed by atoms with Crippen LogP contribution in [0.2, 0.25) is 0 Å². The monoisotopic (exact) mass is 427 g/mol. The number of nitrogens with zero attached hydrogens (tertiary/aromatic N) is 2. The second-order valence-electron chi connectivity index (χ2n) is 6.64. The number of aromatic nitrogens is 2. The van der Waals surface area contributed by atoms with Crippen LogP contribution in [0, 0.1) is 0 Å². The van der Waals surface area contributed by atoms with Crippen molar-refractivity contribution in [1.29, 1.82) is 0 Å². The molecule has 0 aliphatic heterocycles. The number of benzene rings is 2. The zero-order chi connectivity index (χ0) is 21.7. The van der Waals surface area contributed by atoms with Crippen molar-refractivity contribution in [3.63, 3.8) is 0 Å². The summed E-state index contributed by atoms with van der Waals surface area (Å²) < 4.78 is 18.0. The van der Waals surface area contributed by atoms with Crippen LogP contribution in [0.4, 0.5) is 5.69 Å². The van der Waals surface area contributed by atoms with Crippen molar-refractivity contribution in [1.82, 2.24) is 9.78 Å². The molecule has 1 aromatic heterocycles. The van der Waals surface area contributed by atoms with Gasteiger partial charge < -0.3 is 19.8 Å². The van der Waals surface area contributed by atoms with Crippen molar-refractivity contribution in [3.05, 3.63) is 71.9 Å². The summed E-state index contributed by atoms with van der Waals surface area (Å²) in [5, 5.41) is 6.99. The molecule has 1 heterocycles. The van der Waals surface area contributed by atoms with Crippen LogP contribution in [0.1, 0.15) is 11.1 Å². The van der Waals surface area contributed by atoms with Crippen LogP contribution in [0.15, 0.2) is 60.8 Å². The third kappa shape index (κ3) is 5.67. The van der Waals surface area contributed by atoms with Crippen LogP contribution in [-0.2, 0) is 22.6 Å². The van der Waals surface area contributed by atoms with Gasteiger partial charge in [-0.1, -0.05) is 12.1 Å². The number of amides is 1. The number of hydrogen-bond donors (Lipinski definition) is 3. The van der Waals surface area contributed by atoms with Gasteiger partial charge in [-0.15, -0.1) is 0 Å². The summed E-state index contributed by atoms with van der Waals surface area (Å²) in [6, 6.07) is 13.9. The number of anilines is 1. The van der Waals surface area contributed by atoms with Gasteiger partial charge in [-0.3, -0.25) is 14.0 Å². The molecule has 3 rings (SSSR count). The van der Waals surface area contributed by atoms with Crippen molar-refractivity contribution in [3.8, 4) is 17.0 Å². The summed E-state index contributed by atoms with van der Waals surface area (Å²) in [5.74, 6) is 0.423. The van der Waals surface area contributed by atoms with Crippen molar-refractivity contribution >= 4 is 25.3 Å². The van der Waals surface area contributed by atoms with E-state index >= 15 is 0 Å². The summed E-state index contributed by atoms with van der Waals surface area (Å²) in [4.78, 5) is 30.3. The predicted molar refractivity (Wildman–Crippen MR) is 115 cm³/mol. The highest BCUT2D eigenvalue weighted by Gasteiger charge is 2.14. The molecule has 8 nitrogen and oxygen atoms in total. The number of aryl methyl sites for hydroxylation is 1. The molecule has 0 radical (unpaired) electrons. The van der Waals surface area contributed by atoms with Crippen molar-refractivity contribution < 1.29 is 23.9 Å². The van der Waals surface area contributed by atoms with E-state index in [1.165, 1.54) is 6.08 Å². The van der Waals surface area contributed by atoms with Gasteiger partial charge in [0.15, 0.2) is 0 Å². The van der Waals surface area contributed by atoms with Crippen LogP contribution >= 0.6 is 7.60 Å². The van der Waals surface area contributed by atoms with E-state index in [4.69, 9.17) is 14.5 Å². The molecule has 0 saturated heterocycles. The number of methoxy groups -OCH3 is 1. The Labute approximate surface area is 174 Å². The Morgan fingerprint density at radius 3 is 2.43 bits per heavy atom. The van der Waals surface area contributed by atoms with Gasteiger partial charge >= 0.3 is 7.60 Å². The number of rotatable bonds is 7. The standard InChI is InChI=1S/C21H22N3O5P/c1-24-21(16-5-10-19(29-2)11-6-16)17(13-22-24)7-12-20(25)23-18-8-3-15(4-9-18)14-30(26,27)28/h3-13H,14H2,1-2H3,(H,23,25)(H2,26,27,28)/b12-7-. The zero-order valence-electron chi connectivity index (χ0n) is 16.5. The maximum absolute atomic E-state index is 12.3. The molecule has 0 saturated carbocycles. The van der Waals surface area contributed by atoms with Crippen LogP contribution in [0.25, 0.3) is 17.3 Å². The van der Waals surface area contributed by atoms with E-state index in [-0.39, 0.29) is 12.1 Å². The molecule has 0 aliphatic carbocycles. The molecular weight excluding hydrogens is 405 g/mol. The molecule has 0 atom stereocenters. The van der Waals surface area contributed by atoms with E-state index in [9.17, 15) is 9.36 Å². The number of carbonyl (C=O) groups is 1. The molecule has 0 aliphatic rings. The Hall–Kier alpha value is -3.19. The van der Waals surface area contributed by atoms with Gasteiger partial charge in [0.2, 0.25) is 5.91 Å². The summed E-state index contributed by atoms with van der Waals surface area (Å²) in [6.07, 6.45) is 4.44. The highest BCUT2D eigenvalue weighted by atomic mass is 31.2. The maximum Gasteiger partial charge on any atom is 0.329 e. The molecule has 2 aromatic carbocycles. The lowest BCUT2D eigenvalue weighted by Gasteiger charge is -2.07. The number of ether oxygens (including phenoxy) is 1. The second kappa shape index (κ2) is 9.09. The number of hydrogen-bond acceptors (Lipinski definition) is 4. The molecule has 0 fully saturated rings. The highest BCUT2D eigenvalue weighted by Crippen LogP contribution is 2.39. The molecule has 3 aromatic rings. The Kier molecular flexibility index (Phi) is 6.52. The van der Waals surface area contributed by atoms with Gasteiger partial charge in [0.1, 0.15) is 5.75 Å². The fraction of sp³-hybridized carbons (Fsp3) is 0.143. The molecule has 0 spiro atoms. The molecular formula is C21H22N3O5P. The summed E-state index contributed by atoms with van der Waals surface area (Å²) in [7, 11) is -0.684. The smallest absolute Gasteiger partial charge is 0.329 e. The SMILES string of the molecule is COc1ccc(-c2c(/C=C\C(=O)Nc3ccc(CP(=O)(O)O)cc3)cnn2C)cc1. The van der Waals surface area contributed by atoms with Gasteiger partial charge in [0.25, 0.3) is 0 Å². The fourth-order valence-electron chi connectivity index (χ4n) is 2.96. The minimum Gasteiger partial charge on any atom is -0.497 e. The first-order valence-electron chi connectivity index (χ1n) is 9.04. The van der Waals surface area contributed by atoms with E-state index in [0.29, 0.717) is 11.3 Å². The summed E-state index contributed by atoms with van der Waals surface area (Å²) in [5.41, 5.74) is 3.62. The third-order valence-corrected chi connectivity index (χ3v) is 5.13. The summed E-state index contributed by atoms with van der Waals surface area (Å²) in [6.45, 7) is 0. The molecule has 1 amide bonds. The van der Waals surface area contributed by atoms with Crippen LogP contribution < -0.4 is 10.1 Å². The van der Waals surface area contributed by atoms with E-state index in [1.54, 1.807) is 48.3 Å².